The summed E-state index contributed by atoms with van der Waals surface area (Å²) in [7, 11) is 3.52. The number of aliphatic imine (C=N–C) groups is 1. The van der Waals surface area contributed by atoms with Crippen molar-refractivity contribution in [3.63, 3.8) is 0 Å². The van der Waals surface area contributed by atoms with Crippen molar-refractivity contribution in [2.45, 2.75) is 37.3 Å². The highest BCUT2D eigenvalue weighted by Gasteiger charge is 2.44. The van der Waals surface area contributed by atoms with Crippen LogP contribution in [0.15, 0.2) is 4.99 Å². The third-order valence-electron chi connectivity index (χ3n) is 4.10. The molecule has 1 aliphatic heterocycles. The van der Waals surface area contributed by atoms with E-state index in [-0.39, 0.29) is 5.54 Å². The third kappa shape index (κ3) is 2.40. The molecular formula is C12H23N3O2. The zero-order valence-corrected chi connectivity index (χ0v) is 10.8. The molecular weight excluding hydrogens is 218 g/mol. The first-order chi connectivity index (χ1) is 8.22. The number of hydrogen-bond acceptors (Lipinski definition) is 5. The Hall–Kier alpha value is -0.810. The molecule has 17 heavy (non-hydrogen) atoms. The van der Waals surface area contributed by atoms with Crippen LogP contribution in [-0.2, 0) is 9.47 Å². The van der Waals surface area contributed by atoms with Crippen LogP contribution in [-0.4, -0.2) is 56.4 Å². The van der Waals surface area contributed by atoms with E-state index in [1.165, 1.54) is 0 Å². The van der Waals surface area contributed by atoms with Gasteiger partial charge in [-0.25, -0.2) is 0 Å². The van der Waals surface area contributed by atoms with Crippen molar-refractivity contribution in [1.29, 1.82) is 0 Å². The Labute approximate surface area is 103 Å². The van der Waals surface area contributed by atoms with Gasteiger partial charge in [-0.1, -0.05) is 0 Å². The van der Waals surface area contributed by atoms with E-state index in [1.54, 1.807) is 14.2 Å². The number of ether oxygens (including phenoxy) is 2. The van der Waals surface area contributed by atoms with E-state index in [0.717, 1.165) is 38.8 Å². The summed E-state index contributed by atoms with van der Waals surface area (Å²) in [6, 6.07) is 0. The lowest BCUT2D eigenvalue weighted by Gasteiger charge is -2.43. The van der Waals surface area contributed by atoms with Gasteiger partial charge in [0.1, 0.15) is 0 Å². The van der Waals surface area contributed by atoms with Crippen molar-refractivity contribution in [2.75, 3.05) is 33.9 Å². The van der Waals surface area contributed by atoms with Crippen molar-refractivity contribution in [1.82, 2.24) is 4.90 Å². The molecule has 0 aromatic carbocycles. The van der Waals surface area contributed by atoms with Crippen molar-refractivity contribution >= 4 is 5.96 Å². The normalized spacial score (nSPS) is 33.2. The fourth-order valence-electron chi connectivity index (χ4n) is 2.97. The number of guanidine groups is 1. The molecule has 0 bridgehead atoms. The van der Waals surface area contributed by atoms with Crippen LogP contribution in [0.4, 0.5) is 0 Å². The topological polar surface area (TPSA) is 60.1 Å². The van der Waals surface area contributed by atoms with E-state index < -0.39 is 0 Å². The Kier molecular flexibility index (Phi) is 3.89. The van der Waals surface area contributed by atoms with Crippen LogP contribution in [0.1, 0.15) is 25.7 Å². The first-order valence-electron chi connectivity index (χ1n) is 6.31. The lowest BCUT2D eigenvalue weighted by molar-refractivity contribution is 0.0180. The largest absolute Gasteiger partial charge is 0.383 e. The van der Waals surface area contributed by atoms with Gasteiger partial charge in [-0.3, -0.25) is 4.99 Å². The number of nitrogens with two attached hydrogens (primary N) is 1. The number of hydrogen-bond donors (Lipinski definition) is 1. The summed E-state index contributed by atoms with van der Waals surface area (Å²) in [4.78, 5) is 6.66. The van der Waals surface area contributed by atoms with Crippen LogP contribution in [0.25, 0.3) is 0 Å². The average molecular weight is 241 g/mol. The molecule has 0 atom stereocenters. The fraction of sp³-hybridized carbons (Fsp3) is 0.917. The predicted octanol–water partition coefficient (Wildman–Crippen LogP) is 0.591. The Balaban J connectivity index is 2.00. The van der Waals surface area contributed by atoms with E-state index in [0.29, 0.717) is 18.7 Å². The Morgan fingerprint density at radius 1 is 1.41 bits per heavy atom. The maximum atomic E-state index is 5.98. The van der Waals surface area contributed by atoms with Gasteiger partial charge in [-0.05, 0) is 25.7 Å². The lowest BCUT2D eigenvalue weighted by atomic mass is 9.79. The van der Waals surface area contributed by atoms with Gasteiger partial charge in [-0.15, -0.1) is 0 Å². The first-order valence-corrected chi connectivity index (χ1v) is 6.31. The molecule has 2 aliphatic rings. The quantitative estimate of drug-likeness (QED) is 0.782. The van der Waals surface area contributed by atoms with Crippen LogP contribution in [0.2, 0.25) is 0 Å². The van der Waals surface area contributed by atoms with Gasteiger partial charge in [0.25, 0.3) is 0 Å². The molecule has 1 spiro atoms. The van der Waals surface area contributed by atoms with E-state index in [1.807, 2.05) is 0 Å². The van der Waals surface area contributed by atoms with Crippen LogP contribution in [0, 0.1) is 0 Å². The molecule has 0 saturated heterocycles. The van der Waals surface area contributed by atoms with Crippen molar-refractivity contribution in [3.8, 4) is 0 Å². The molecule has 0 aromatic rings. The summed E-state index contributed by atoms with van der Waals surface area (Å²) in [6.45, 7) is 2.37. The zero-order valence-electron chi connectivity index (χ0n) is 10.8. The summed E-state index contributed by atoms with van der Waals surface area (Å²) in [5.74, 6) is 0.679. The van der Waals surface area contributed by atoms with Gasteiger partial charge in [0, 0.05) is 20.8 Å². The predicted molar refractivity (Wildman–Crippen MR) is 67.1 cm³/mol. The monoisotopic (exact) mass is 241 g/mol. The Bertz CT molecular complexity index is 285. The second kappa shape index (κ2) is 5.23. The summed E-state index contributed by atoms with van der Waals surface area (Å²) in [6.07, 6.45) is 4.83. The Morgan fingerprint density at radius 3 is 2.71 bits per heavy atom. The maximum Gasteiger partial charge on any atom is 0.191 e. The van der Waals surface area contributed by atoms with E-state index in [4.69, 9.17) is 15.2 Å². The highest BCUT2D eigenvalue weighted by Crippen LogP contribution is 2.37. The maximum absolute atomic E-state index is 5.98. The average Bonchev–Trinajstić information content (AvgIpc) is 2.65. The van der Waals surface area contributed by atoms with Gasteiger partial charge >= 0.3 is 0 Å². The molecule has 0 aromatic heterocycles. The van der Waals surface area contributed by atoms with Crippen molar-refractivity contribution in [3.05, 3.63) is 0 Å². The van der Waals surface area contributed by atoms with Crippen LogP contribution in [0.5, 0.6) is 0 Å². The molecule has 0 radical (unpaired) electrons. The van der Waals surface area contributed by atoms with Crippen LogP contribution in [0.3, 0.4) is 0 Å². The molecule has 1 heterocycles. The minimum absolute atomic E-state index is 0.137. The highest BCUT2D eigenvalue weighted by atomic mass is 16.5. The third-order valence-corrected chi connectivity index (χ3v) is 4.10. The zero-order chi connectivity index (χ0) is 12.3. The van der Waals surface area contributed by atoms with Crippen LogP contribution < -0.4 is 5.73 Å². The van der Waals surface area contributed by atoms with Gasteiger partial charge in [0.05, 0.1) is 24.8 Å². The minimum atomic E-state index is 0.137. The van der Waals surface area contributed by atoms with Crippen molar-refractivity contribution in [2.24, 2.45) is 10.7 Å². The molecule has 1 saturated carbocycles. The Morgan fingerprint density at radius 2 is 2.12 bits per heavy atom. The molecule has 0 amide bonds. The molecule has 5 nitrogen and oxygen atoms in total. The minimum Gasteiger partial charge on any atom is -0.383 e. The molecule has 2 rings (SSSR count). The van der Waals surface area contributed by atoms with Crippen LogP contribution >= 0.6 is 0 Å². The standard InChI is InChI=1S/C12H23N3O2/c1-16-8-7-15-11(13)14-9-12(15)5-3-10(17-2)4-6-12/h10H,3-9H2,1-2H3,(H2,13,14). The molecule has 98 valence electrons. The number of methoxy groups -OCH3 is 2. The smallest absolute Gasteiger partial charge is 0.191 e. The summed E-state index contributed by atoms with van der Waals surface area (Å²) < 4.78 is 10.6. The van der Waals surface area contributed by atoms with E-state index in [9.17, 15) is 0 Å². The molecule has 2 N–H and O–H groups in total. The number of rotatable bonds is 4. The molecule has 5 heteroatoms. The second-order valence-corrected chi connectivity index (χ2v) is 4.98. The van der Waals surface area contributed by atoms with Crippen molar-refractivity contribution < 1.29 is 9.47 Å². The van der Waals surface area contributed by atoms with Gasteiger partial charge < -0.3 is 20.1 Å². The van der Waals surface area contributed by atoms with Gasteiger partial charge in [0.15, 0.2) is 5.96 Å². The highest BCUT2D eigenvalue weighted by molar-refractivity contribution is 5.81. The molecule has 1 aliphatic carbocycles. The van der Waals surface area contributed by atoms with Gasteiger partial charge in [0.2, 0.25) is 0 Å². The van der Waals surface area contributed by atoms with E-state index >= 15 is 0 Å². The molecule has 0 unspecified atom stereocenters. The SMILES string of the molecule is COCCN1C(N)=NCC12CCC(OC)CC2. The fourth-order valence-corrected chi connectivity index (χ4v) is 2.97. The summed E-state index contributed by atoms with van der Waals surface area (Å²) in [5, 5.41) is 0. The summed E-state index contributed by atoms with van der Waals surface area (Å²) >= 11 is 0. The second-order valence-electron chi connectivity index (χ2n) is 4.98. The van der Waals surface area contributed by atoms with E-state index in [2.05, 4.69) is 9.89 Å². The first kappa shape index (κ1) is 12.6. The lowest BCUT2D eigenvalue weighted by Crippen LogP contribution is -2.55. The summed E-state index contributed by atoms with van der Waals surface area (Å²) in [5.41, 5.74) is 6.12. The van der Waals surface area contributed by atoms with Gasteiger partial charge in [-0.2, -0.15) is 0 Å². The number of nitrogens with zero attached hydrogens (tertiary/aromatic N) is 2. The molecule has 1 fully saturated rings.